The van der Waals surface area contributed by atoms with E-state index in [1.165, 1.54) is 18.5 Å². The fourth-order valence-corrected chi connectivity index (χ4v) is 1.51. The summed E-state index contributed by atoms with van der Waals surface area (Å²) >= 11 is 0. The molecule has 0 aliphatic rings. The number of ether oxygens (including phenoxy) is 1. The van der Waals surface area contributed by atoms with E-state index in [1.54, 1.807) is 4.68 Å². The Morgan fingerprint density at radius 1 is 1.50 bits per heavy atom. The Morgan fingerprint density at radius 3 is 3.00 bits per heavy atom. The third kappa shape index (κ3) is 2.53. The Balaban J connectivity index is 2.08. The third-order valence-electron chi connectivity index (χ3n) is 2.44. The Bertz CT molecular complexity index is 554. The van der Waals surface area contributed by atoms with Crippen molar-refractivity contribution in [2.45, 2.75) is 20.1 Å². The Labute approximate surface area is 103 Å². The molecule has 18 heavy (non-hydrogen) atoms. The fourth-order valence-electron chi connectivity index (χ4n) is 1.51. The molecule has 6 heteroatoms. The molecule has 2 rings (SSSR count). The van der Waals surface area contributed by atoms with E-state index in [9.17, 15) is 9.18 Å². The maximum atomic E-state index is 13.5. The molecule has 0 spiro atoms. The largest absolute Gasteiger partial charge is 0.483 e. The second-order valence-electron chi connectivity index (χ2n) is 3.59. The maximum absolute atomic E-state index is 13.5. The summed E-state index contributed by atoms with van der Waals surface area (Å²) in [5.74, 6) is 0.143. The van der Waals surface area contributed by atoms with Crippen molar-refractivity contribution >= 4 is 6.29 Å². The zero-order valence-electron chi connectivity index (χ0n) is 9.84. The summed E-state index contributed by atoms with van der Waals surface area (Å²) in [6.07, 6.45) is 2.01. The van der Waals surface area contributed by atoms with E-state index in [4.69, 9.17) is 4.74 Å². The van der Waals surface area contributed by atoms with E-state index in [0.717, 1.165) is 6.07 Å². The third-order valence-corrected chi connectivity index (χ3v) is 2.44. The molecule has 0 saturated heterocycles. The van der Waals surface area contributed by atoms with Gasteiger partial charge in [0.25, 0.3) is 0 Å². The number of aryl methyl sites for hydroxylation is 1. The number of rotatable bonds is 5. The predicted molar refractivity (Wildman–Crippen MR) is 61.8 cm³/mol. The minimum atomic E-state index is -0.567. The molecule has 1 aromatic carbocycles. The highest BCUT2D eigenvalue weighted by molar-refractivity contribution is 5.74. The Kier molecular flexibility index (Phi) is 3.66. The molecule has 0 bridgehead atoms. The molecule has 5 nitrogen and oxygen atoms in total. The van der Waals surface area contributed by atoms with E-state index >= 15 is 0 Å². The molecule has 0 saturated carbocycles. The van der Waals surface area contributed by atoms with Crippen LogP contribution in [0.5, 0.6) is 5.75 Å². The summed E-state index contributed by atoms with van der Waals surface area (Å²) in [4.78, 5) is 14.5. The number of carbonyl (C=O) groups is 1. The zero-order valence-corrected chi connectivity index (χ0v) is 9.84. The molecule has 2 aromatic rings. The predicted octanol–water partition coefficient (Wildman–Crippen LogP) is 1.83. The summed E-state index contributed by atoms with van der Waals surface area (Å²) in [6, 6.07) is 4.05. The number of aldehydes is 1. The van der Waals surface area contributed by atoms with Gasteiger partial charge in [-0.1, -0.05) is 0 Å². The summed E-state index contributed by atoms with van der Waals surface area (Å²) in [6.45, 7) is 2.73. The second-order valence-corrected chi connectivity index (χ2v) is 3.59. The fraction of sp³-hybridized carbons (Fsp3) is 0.250. The van der Waals surface area contributed by atoms with Crippen LogP contribution in [0.4, 0.5) is 4.39 Å². The van der Waals surface area contributed by atoms with Gasteiger partial charge in [0.1, 0.15) is 19.2 Å². The van der Waals surface area contributed by atoms with Crippen LogP contribution in [0.3, 0.4) is 0 Å². The number of nitrogens with zero attached hydrogens (tertiary/aromatic N) is 3. The summed E-state index contributed by atoms with van der Waals surface area (Å²) in [5, 5.41) is 3.98. The van der Waals surface area contributed by atoms with Crippen LogP contribution in [0.25, 0.3) is 0 Å². The van der Waals surface area contributed by atoms with Gasteiger partial charge in [-0.3, -0.25) is 4.79 Å². The smallest absolute Gasteiger partial charge is 0.165 e. The quantitative estimate of drug-likeness (QED) is 0.758. The first-order valence-corrected chi connectivity index (χ1v) is 5.48. The molecular formula is C12H12FN3O2. The van der Waals surface area contributed by atoms with E-state index in [0.29, 0.717) is 18.7 Å². The van der Waals surface area contributed by atoms with Gasteiger partial charge in [-0.2, -0.15) is 5.10 Å². The van der Waals surface area contributed by atoms with Gasteiger partial charge in [0.2, 0.25) is 0 Å². The van der Waals surface area contributed by atoms with Crippen molar-refractivity contribution in [1.29, 1.82) is 0 Å². The lowest BCUT2D eigenvalue weighted by Gasteiger charge is -2.07. The van der Waals surface area contributed by atoms with E-state index in [-0.39, 0.29) is 17.9 Å². The molecule has 1 heterocycles. The molecule has 0 aliphatic heterocycles. The van der Waals surface area contributed by atoms with Crippen LogP contribution in [0.1, 0.15) is 23.1 Å². The highest BCUT2D eigenvalue weighted by atomic mass is 19.1. The van der Waals surface area contributed by atoms with Crippen molar-refractivity contribution in [2.75, 3.05) is 0 Å². The second kappa shape index (κ2) is 5.39. The number of hydrogen-bond acceptors (Lipinski definition) is 4. The molecule has 0 N–H and O–H groups in total. The molecule has 0 atom stereocenters. The van der Waals surface area contributed by atoms with E-state index in [2.05, 4.69) is 10.1 Å². The average Bonchev–Trinajstić information content (AvgIpc) is 2.84. The molecule has 0 unspecified atom stereocenters. The van der Waals surface area contributed by atoms with Crippen LogP contribution in [0.2, 0.25) is 0 Å². The molecule has 0 fully saturated rings. The first kappa shape index (κ1) is 12.2. The Hall–Kier alpha value is -2.24. The standard InChI is InChI=1S/C12H12FN3O2/c1-2-16-12(14-8-15-16)7-18-11-4-3-9(6-17)5-10(11)13/h3-6,8H,2,7H2,1H3. The van der Waals surface area contributed by atoms with Gasteiger partial charge in [0.05, 0.1) is 0 Å². The first-order valence-electron chi connectivity index (χ1n) is 5.48. The monoisotopic (exact) mass is 249 g/mol. The molecule has 0 radical (unpaired) electrons. The van der Waals surface area contributed by atoms with Gasteiger partial charge in [0.15, 0.2) is 17.4 Å². The van der Waals surface area contributed by atoms with Gasteiger partial charge in [-0.15, -0.1) is 0 Å². The number of hydrogen-bond donors (Lipinski definition) is 0. The lowest BCUT2D eigenvalue weighted by molar-refractivity contribution is 0.112. The minimum absolute atomic E-state index is 0.0891. The van der Waals surface area contributed by atoms with Gasteiger partial charge >= 0.3 is 0 Å². The van der Waals surface area contributed by atoms with Crippen LogP contribution in [-0.2, 0) is 13.2 Å². The van der Waals surface area contributed by atoms with Gasteiger partial charge in [0, 0.05) is 12.1 Å². The Morgan fingerprint density at radius 2 is 2.33 bits per heavy atom. The van der Waals surface area contributed by atoms with Crippen LogP contribution >= 0.6 is 0 Å². The summed E-state index contributed by atoms with van der Waals surface area (Å²) < 4.78 is 20.5. The van der Waals surface area contributed by atoms with Gasteiger partial charge < -0.3 is 4.74 Å². The van der Waals surface area contributed by atoms with Crippen molar-refractivity contribution in [3.05, 3.63) is 41.7 Å². The SMILES string of the molecule is CCn1ncnc1COc1ccc(C=O)cc1F. The van der Waals surface area contributed by atoms with E-state index in [1.807, 2.05) is 6.92 Å². The van der Waals surface area contributed by atoms with Gasteiger partial charge in [-0.05, 0) is 25.1 Å². The van der Waals surface area contributed by atoms with Crippen LogP contribution in [-0.4, -0.2) is 21.1 Å². The topological polar surface area (TPSA) is 57.0 Å². The van der Waals surface area contributed by atoms with Crippen molar-refractivity contribution in [3.63, 3.8) is 0 Å². The number of benzene rings is 1. The highest BCUT2D eigenvalue weighted by Gasteiger charge is 2.07. The highest BCUT2D eigenvalue weighted by Crippen LogP contribution is 2.18. The lowest BCUT2D eigenvalue weighted by Crippen LogP contribution is -2.07. The van der Waals surface area contributed by atoms with Crippen LogP contribution in [0.15, 0.2) is 24.5 Å². The van der Waals surface area contributed by atoms with Crippen molar-refractivity contribution in [2.24, 2.45) is 0 Å². The number of halogens is 1. The minimum Gasteiger partial charge on any atom is -0.483 e. The number of carbonyl (C=O) groups excluding carboxylic acids is 1. The lowest BCUT2D eigenvalue weighted by atomic mass is 10.2. The number of aromatic nitrogens is 3. The maximum Gasteiger partial charge on any atom is 0.165 e. The van der Waals surface area contributed by atoms with Crippen LogP contribution < -0.4 is 4.74 Å². The first-order chi connectivity index (χ1) is 8.74. The van der Waals surface area contributed by atoms with Crippen LogP contribution in [0, 0.1) is 5.82 Å². The van der Waals surface area contributed by atoms with Gasteiger partial charge in [-0.25, -0.2) is 14.1 Å². The van der Waals surface area contributed by atoms with Crippen molar-refractivity contribution in [1.82, 2.24) is 14.8 Å². The summed E-state index contributed by atoms with van der Waals surface area (Å²) in [5.41, 5.74) is 0.275. The van der Waals surface area contributed by atoms with Crippen molar-refractivity contribution in [3.8, 4) is 5.75 Å². The van der Waals surface area contributed by atoms with E-state index < -0.39 is 5.82 Å². The molecule has 94 valence electrons. The summed E-state index contributed by atoms with van der Waals surface area (Å²) in [7, 11) is 0. The molecular weight excluding hydrogens is 237 g/mol. The normalized spacial score (nSPS) is 10.3. The molecule has 0 amide bonds. The average molecular weight is 249 g/mol. The zero-order chi connectivity index (χ0) is 13.0. The molecule has 0 aliphatic carbocycles. The molecule has 1 aromatic heterocycles. The van der Waals surface area contributed by atoms with Crippen molar-refractivity contribution < 1.29 is 13.9 Å².